The van der Waals surface area contributed by atoms with Gasteiger partial charge in [-0.1, -0.05) is 23.7 Å². The summed E-state index contributed by atoms with van der Waals surface area (Å²) in [5, 5.41) is 12.8. The minimum Gasteiger partial charge on any atom is -0.480 e. The summed E-state index contributed by atoms with van der Waals surface area (Å²) in [4.78, 5) is 24.0. The number of carboxylic acids is 1. The highest BCUT2D eigenvalue weighted by Gasteiger charge is 2.37. The average molecular weight is 342 g/mol. The van der Waals surface area contributed by atoms with E-state index in [1.54, 1.807) is 24.3 Å². The normalized spacial score (nSPS) is 23.8. The summed E-state index contributed by atoms with van der Waals surface area (Å²) in [5.41, 5.74) is -0.635. The fourth-order valence-corrected chi connectivity index (χ4v) is 3.00. The number of hydrogen-bond acceptors (Lipinski definition) is 2. The lowest BCUT2D eigenvalue weighted by Gasteiger charge is -2.30. The van der Waals surface area contributed by atoms with Crippen LogP contribution in [-0.4, -0.2) is 28.7 Å². The summed E-state index contributed by atoms with van der Waals surface area (Å²) in [6.45, 7) is 1.49. The van der Waals surface area contributed by atoms with Crippen molar-refractivity contribution < 1.29 is 19.1 Å². The van der Waals surface area contributed by atoms with Crippen molar-refractivity contribution in [1.82, 2.24) is 5.32 Å². The Kier molecular flexibility index (Phi) is 5.63. The zero-order valence-electron chi connectivity index (χ0n) is 13.0. The largest absolute Gasteiger partial charge is 0.480 e. The molecule has 0 radical (unpaired) electrons. The molecule has 1 saturated carbocycles. The molecule has 1 atom stereocenters. The Morgan fingerprint density at radius 2 is 1.83 bits per heavy atom. The van der Waals surface area contributed by atoms with Crippen LogP contribution in [0.25, 0.3) is 0 Å². The Morgan fingerprint density at radius 1 is 1.26 bits per heavy atom. The molecular formula is C17H21ClFNO3. The molecule has 1 fully saturated rings. The molecule has 0 heterocycles. The number of carboxylic acid groups (broad SMARTS) is 1. The summed E-state index contributed by atoms with van der Waals surface area (Å²) in [7, 11) is 0. The molecule has 2 rings (SSSR count). The number of hydrogen-bond donors (Lipinski definition) is 2. The third-order valence-electron chi connectivity index (χ3n) is 4.37. The lowest BCUT2D eigenvalue weighted by molar-refractivity contribution is -0.147. The smallest absolute Gasteiger partial charge is 0.329 e. The van der Waals surface area contributed by atoms with E-state index in [4.69, 9.17) is 11.6 Å². The molecule has 126 valence electrons. The number of alkyl halides is 1. The molecule has 1 aromatic rings. The first kappa shape index (κ1) is 17.7. The highest BCUT2D eigenvalue weighted by molar-refractivity contribution is 6.30. The molecule has 2 N–H and O–H groups in total. The number of benzene rings is 1. The SMILES string of the molecule is CC(Cc1ccc(Cl)cc1)(NC(=O)C1CCC(F)CC1)C(=O)O. The Hall–Kier alpha value is -1.62. The lowest BCUT2D eigenvalue weighted by Crippen LogP contribution is -2.55. The second kappa shape index (κ2) is 7.30. The van der Waals surface area contributed by atoms with Crippen LogP contribution < -0.4 is 5.32 Å². The van der Waals surface area contributed by atoms with E-state index >= 15 is 0 Å². The minimum absolute atomic E-state index is 0.156. The van der Waals surface area contributed by atoms with Gasteiger partial charge >= 0.3 is 5.97 Å². The first-order chi connectivity index (χ1) is 10.8. The van der Waals surface area contributed by atoms with Crippen LogP contribution in [-0.2, 0) is 16.0 Å². The van der Waals surface area contributed by atoms with Crippen LogP contribution in [0.3, 0.4) is 0 Å². The minimum atomic E-state index is -1.41. The third-order valence-corrected chi connectivity index (χ3v) is 4.62. The van der Waals surface area contributed by atoms with Crippen molar-refractivity contribution in [2.24, 2.45) is 5.92 Å². The summed E-state index contributed by atoms with van der Waals surface area (Å²) >= 11 is 5.83. The van der Waals surface area contributed by atoms with E-state index < -0.39 is 17.7 Å². The molecule has 1 unspecified atom stereocenters. The number of amides is 1. The molecule has 23 heavy (non-hydrogen) atoms. The zero-order valence-corrected chi connectivity index (χ0v) is 13.8. The van der Waals surface area contributed by atoms with E-state index in [1.807, 2.05) is 0 Å². The molecule has 0 bridgehead atoms. The first-order valence-corrected chi connectivity index (χ1v) is 8.12. The summed E-state index contributed by atoms with van der Waals surface area (Å²) in [5.74, 6) is -1.72. The monoisotopic (exact) mass is 341 g/mol. The summed E-state index contributed by atoms with van der Waals surface area (Å²) < 4.78 is 13.2. The molecule has 0 saturated heterocycles. The Labute approximate surface area is 140 Å². The van der Waals surface area contributed by atoms with Crippen LogP contribution in [0, 0.1) is 5.92 Å². The van der Waals surface area contributed by atoms with Crippen molar-refractivity contribution in [3.63, 3.8) is 0 Å². The van der Waals surface area contributed by atoms with Gasteiger partial charge in [-0.25, -0.2) is 9.18 Å². The standard InChI is InChI=1S/C17H21ClFNO3/c1-17(16(22)23,10-11-2-6-13(18)7-3-11)20-15(21)12-4-8-14(19)9-5-12/h2-3,6-7,12,14H,4-5,8-10H2,1H3,(H,20,21)(H,22,23). The maximum absolute atomic E-state index is 13.2. The topological polar surface area (TPSA) is 66.4 Å². The Morgan fingerprint density at radius 3 is 2.35 bits per heavy atom. The van der Waals surface area contributed by atoms with Gasteiger partial charge in [0.05, 0.1) is 0 Å². The number of rotatable bonds is 5. The molecule has 1 aromatic carbocycles. The Balaban J connectivity index is 2.06. The van der Waals surface area contributed by atoms with Gasteiger partial charge in [-0.2, -0.15) is 0 Å². The van der Waals surface area contributed by atoms with Crippen LogP contribution in [0.1, 0.15) is 38.2 Å². The van der Waals surface area contributed by atoms with Gasteiger partial charge in [-0.15, -0.1) is 0 Å². The van der Waals surface area contributed by atoms with E-state index in [2.05, 4.69) is 5.32 Å². The average Bonchev–Trinajstić information content (AvgIpc) is 2.50. The van der Waals surface area contributed by atoms with Gasteiger partial charge in [0, 0.05) is 17.4 Å². The lowest BCUT2D eigenvalue weighted by atomic mass is 9.86. The molecule has 0 aliphatic heterocycles. The van der Waals surface area contributed by atoms with E-state index in [-0.39, 0.29) is 18.2 Å². The molecule has 4 nitrogen and oxygen atoms in total. The predicted octanol–water partition coefficient (Wildman–Crippen LogP) is 3.37. The zero-order chi connectivity index (χ0) is 17.0. The second-order valence-corrected chi connectivity index (χ2v) is 6.82. The van der Waals surface area contributed by atoms with Crippen molar-refractivity contribution in [1.29, 1.82) is 0 Å². The van der Waals surface area contributed by atoms with Crippen molar-refractivity contribution in [3.8, 4) is 0 Å². The van der Waals surface area contributed by atoms with E-state index in [0.29, 0.717) is 30.7 Å². The fraction of sp³-hybridized carbons (Fsp3) is 0.529. The van der Waals surface area contributed by atoms with Crippen LogP contribution in [0.2, 0.25) is 5.02 Å². The van der Waals surface area contributed by atoms with Crippen LogP contribution >= 0.6 is 11.6 Å². The number of carbonyl (C=O) groups excluding carboxylic acids is 1. The second-order valence-electron chi connectivity index (χ2n) is 6.38. The number of nitrogens with one attached hydrogen (secondary N) is 1. The molecule has 0 aromatic heterocycles. The van der Waals surface area contributed by atoms with Gasteiger partial charge in [0.25, 0.3) is 0 Å². The van der Waals surface area contributed by atoms with Crippen LogP contribution in [0.15, 0.2) is 24.3 Å². The van der Waals surface area contributed by atoms with E-state index in [1.165, 1.54) is 6.92 Å². The van der Waals surface area contributed by atoms with Crippen molar-refractivity contribution >= 4 is 23.5 Å². The highest BCUT2D eigenvalue weighted by Crippen LogP contribution is 2.27. The number of carbonyl (C=O) groups is 2. The highest BCUT2D eigenvalue weighted by atomic mass is 35.5. The molecule has 0 spiro atoms. The van der Waals surface area contributed by atoms with Gasteiger partial charge in [-0.3, -0.25) is 4.79 Å². The molecular weight excluding hydrogens is 321 g/mol. The third kappa shape index (κ3) is 4.67. The van der Waals surface area contributed by atoms with Crippen LogP contribution in [0.5, 0.6) is 0 Å². The van der Waals surface area contributed by atoms with Crippen molar-refractivity contribution in [3.05, 3.63) is 34.9 Å². The quantitative estimate of drug-likeness (QED) is 0.863. The molecule has 1 aliphatic carbocycles. The predicted molar refractivity (Wildman–Crippen MR) is 86.2 cm³/mol. The van der Waals surface area contributed by atoms with E-state index in [0.717, 1.165) is 5.56 Å². The Bertz CT molecular complexity index is 570. The summed E-state index contributed by atoms with van der Waals surface area (Å²) in [6.07, 6.45) is 0.953. The molecule has 6 heteroatoms. The van der Waals surface area contributed by atoms with Gasteiger partial charge in [0.2, 0.25) is 5.91 Å². The first-order valence-electron chi connectivity index (χ1n) is 7.74. The summed E-state index contributed by atoms with van der Waals surface area (Å²) in [6, 6.07) is 6.85. The van der Waals surface area contributed by atoms with Gasteiger partial charge in [0.15, 0.2) is 0 Å². The number of halogens is 2. The fourth-order valence-electron chi connectivity index (χ4n) is 2.87. The molecule has 1 aliphatic rings. The van der Waals surface area contributed by atoms with Crippen molar-refractivity contribution in [2.45, 2.75) is 50.7 Å². The van der Waals surface area contributed by atoms with Crippen LogP contribution in [0.4, 0.5) is 4.39 Å². The van der Waals surface area contributed by atoms with E-state index in [9.17, 15) is 19.1 Å². The maximum atomic E-state index is 13.2. The molecule has 1 amide bonds. The van der Waals surface area contributed by atoms with Crippen molar-refractivity contribution in [2.75, 3.05) is 0 Å². The maximum Gasteiger partial charge on any atom is 0.329 e. The van der Waals surface area contributed by atoms with Gasteiger partial charge in [0.1, 0.15) is 11.7 Å². The van der Waals surface area contributed by atoms with Gasteiger partial charge in [-0.05, 0) is 50.3 Å². The number of aliphatic carboxylic acids is 1. The van der Waals surface area contributed by atoms with Gasteiger partial charge < -0.3 is 10.4 Å².